The molecule has 0 aliphatic carbocycles. The molecule has 5 heteroatoms. The maximum Gasteiger partial charge on any atom is 0.261 e. The molecule has 0 spiro atoms. The lowest BCUT2D eigenvalue weighted by Crippen LogP contribution is -2.19. The van der Waals surface area contributed by atoms with Crippen molar-refractivity contribution in [3.05, 3.63) is 68.8 Å². The molecule has 1 N–H and O–H groups in total. The lowest BCUT2D eigenvalue weighted by atomic mass is 10.1. The van der Waals surface area contributed by atoms with E-state index in [-0.39, 0.29) is 5.57 Å². The first-order valence-electron chi connectivity index (χ1n) is 6.93. The van der Waals surface area contributed by atoms with E-state index < -0.39 is 5.91 Å². The monoisotopic (exact) mass is 418 g/mol. The Morgan fingerprint density at radius 2 is 1.87 bits per heavy atom. The molecule has 0 unspecified atom stereocenters. The third kappa shape index (κ3) is 5.11. The molecule has 2 rings (SSSR count). The van der Waals surface area contributed by atoms with E-state index in [1.54, 1.807) is 6.08 Å². The van der Waals surface area contributed by atoms with Gasteiger partial charge in [-0.15, -0.1) is 0 Å². The Bertz CT molecular complexity index is 744. The van der Waals surface area contributed by atoms with Gasteiger partial charge < -0.3 is 10.1 Å². The van der Waals surface area contributed by atoms with Crippen LogP contribution in [0.3, 0.4) is 0 Å². The predicted octanol–water partition coefficient (Wildman–Crippen LogP) is 3.52. The average Bonchev–Trinajstić information content (AvgIpc) is 2.59. The van der Waals surface area contributed by atoms with Crippen LogP contribution in [0.25, 0.3) is 6.08 Å². The molecular formula is C18H15IN2O2. The fourth-order valence-corrected chi connectivity index (χ4v) is 2.22. The highest BCUT2D eigenvalue weighted by Crippen LogP contribution is 2.16. The molecule has 1 amide bonds. The van der Waals surface area contributed by atoms with Gasteiger partial charge in [-0.25, -0.2) is 0 Å². The van der Waals surface area contributed by atoms with Crippen LogP contribution in [0, 0.1) is 14.9 Å². The van der Waals surface area contributed by atoms with E-state index >= 15 is 0 Å². The number of benzene rings is 2. The fraction of sp³-hybridized carbons (Fsp3) is 0.111. The summed E-state index contributed by atoms with van der Waals surface area (Å²) in [6.45, 7) is 0.494. The molecule has 2 aromatic carbocycles. The maximum absolute atomic E-state index is 11.5. The number of carbonyl (C=O) groups is 1. The summed E-state index contributed by atoms with van der Waals surface area (Å²) in [6, 6.07) is 17.3. The SMILES string of the molecule is CNC(=O)/C(C#N)=C\c1ccc(OCc2ccc(I)cc2)cc1. The summed E-state index contributed by atoms with van der Waals surface area (Å²) in [6.07, 6.45) is 1.54. The number of nitrogens with one attached hydrogen (secondary N) is 1. The zero-order valence-electron chi connectivity index (χ0n) is 12.5. The molecule has 0 atom stereocenters. The van der Waals surface area contributed by atoms with Crippen molar-refractivity contribution < 1.29 is 9.53 Å². The van der Waals surface area contributed by atoms with Crippen LogP contribution in [0.15, 0.2) is 54.1 Å². The van der Waals surface area contributed by atoms with Crippen molar-refractivity contribution in [3.63, 3.8) is 0 Å². The molecule has 2 aromatic rings. The third-order valence-corrected chi connectivity index (χ3v) is 3.82. The Hall–Kier alpha value is -2.33. The van der Waals surface area contributed by atoms with Gasteiger partial charge in [0.2, 0.25) is 0 Å². The largest absolute Gasteiger partial charge is 0.489 e. The minimum Gasteiger partial charge on any atom is -0.489 e. The van der Waals surface area contributed by atoms with Crippen LogP contribution in [0.4, 0.5) is 0 Å². The third-order valence-electron chi connectivity index (χ3n) is 3.10. The quantitative estimate of drug-likeness (QED) is 0.459. The molecule has 116 valence electrons. The van der Waals surface area contributed by atoms with E-state index in [4.69, 9.17) is 10.00 Å². The second-order valence-corrected chi connectivity index (χ2v) is 5.98. The van der Waals surface area contributed by atoms with Gasteiger partial charge in [-0.1, -0.05) is 24.3 Å². The van der Waals surface area contributed by atoms with Crippen molar-refractivity contribution >= 4 is 34.6 Å². The summed E-state index contributed by atoms with van der Waals surface area (Å²) in [5.41, 5.74) is 1.94. The van der Waals surface area contributed by atoms with Gasteiger partial charge in [0.15, 0.2) is 0 Å². The summed E-state index contributed by atoms with van der Waals surface area (Å²) >= 11 is 2.26. The van der Waals surface area contributed by atoms with E-state index in [0.717, 1.165) is 16.9 Å². The van der Waals surface area contributed by atoms with Gasteiger partial charge in [-0.2, -0.15) is 5.26 Å². The summed E-state index contributed by atoms with van der Waals surface area (Å²) in [7, 11) is 1.50. The molecule has 0 aliphatic rings. The Balaban J connectivity index is 2.02. The van der Waals surface area contributed by atoms with Crippen molar-refractivity contribution in [3.8, 4) is 11.8 Å². The standard InChI is InChI=1S/C18H15IN2O2/c1-21-18(22)15(11-20)10-13-4-8-17(9-5-13)23-12-14-2-6-16(19)7-3-14/h2-10H,12H2,1H3,(H,21,22)/b15-10-. The minimum absolute atomic E-state index is 0.0695. The summed E-state index contributed by atoms with van der Waals surface area (Å²) in [4.78, 5) is 11.5. The predicted molar refractivity (Wildman–Crippen MR) is 97.6 cm³/mol. The number of likely N-dealkylation sites (N-methyl/N-ethyl adjacent to an activating group) is 1. The normalized spacial score (nSPS) is 10.7. The van der Waals surface area contributed by atoms with Gasteiger partial charge in [0, 0.05) is 10.6 Å². The van der Waals surface area contributed by atoms with Gasteiger partial charge in [-0.3, -0.25) is 4.79 Å². The lowest BCUT2D eigenvalue weighted by molar-refractivity contribution is -0.116. The first-order valence-corrected chi connectivity index (χ1v) is 8.01. The maximum atomic E-state index is 11.5. The zero-order valence-corrected chi connectivity index (χ0v) is 14.7. The number of halogens is 1. The van der Waals surface area contributed by atoms with E-state index in [2.05, 4.69) is 27.9 Å². The Morgan fingerprint density at radius 3 is 2.43 bits per heavy atom. The Morgan fingerprint density at radius 1 is 1.22 bits per heavy atom. The second kappa shape index (κ2) is 8.34. The van der Waals surface area contributed by atoms with Gasteiger partial charge in [0.1, 0.15) is 24.0 Å². The summed E-state index contributed by atoms with van der Waals surface area (Å²) in [5, 5.41) is 11.4. The Labute approximate surface area is 148 Å². The molecule has 0 bridgehead atoms. The van der Waals surface area contributed by atoms with Crippen LogP contribution in [0.1, 0.15) is 11.1 Å². The summed E-state index contributed by atoms with van der Waals surface area (Å²) < 4.78 is 6.91. The first kappa shape index (κ1) is 17.0. The number of amides is 1. The molecule has 0 radical (unpaired) electrons. The van der Waals surface area contributed by atoms with Crippen LogP contribution in [0.2, 0.25) is 0 Å². The molecule has 0 fully saturated rings. The van der Waals surface area contributed by atoms with Gasteiger partial charge >= 0.3 is 0 Å². The summed E-state index contributed by atoms with van der Waals surface area (Å²) in [5.74, 6) is 0.339. The van der Waals surface area contributed by atoms with Crippen LogP contribution < -0.4 is 10.1 Å². The van der Waals surface area contributed by atoms with Gasteiger partial charge in [0.25, 0.3) is 5.91 Å². The van der Waals surface area contributed by atoms with Gasteiger partial charge in [-0.05, 0) is 64.1 Å². The molecule has 0 aromatic heterocycles. The number of nitriles is 1. The van der Waals surface area contributed by atoms with Crippen LogP contribution in [0.5, 0.6) is 5.75 Å². The number of rotatable bonds is 5. The number of nitrogens with zero attached hydrogens (tertiary/aromatic N) is 1. The molecule has 23 heavy (non-hydrogen) atoms. The van der Waals surface area contributed by atoms with Crippen molar-refractivity contribution in [2.75, 3.05) is 7.05 Å². The van der Waals surface area contributed by atoms with Crippen molar-refractivity contribution in [1.82, 2.24) is 5.32 Å². The van der Waals surface area contributed by atoms with Crippen LogP contribution in [-0.2, 0) is 11.4 Å². The molecule has 0 heterocycles. The molecule has 0 aliphatic heterocycles. The molecule has 0 saturated carbocycles. The molecule has 0 saturated heterocycles. The van der Waals surface area contributed by atoms with E-state index in [0.29, 0.717) is 6.61 Å². The highest BCUT2D eigenvalue weighted by atomic mass is 127. The van der Waals surface area contributed by atoms with Crippen LogP contribution >= 0.6 is 22.6 Å². The molecular weight excluding hydrogens is 403 g/mol. The second-order valence-electron chi connectivity index (χ2n) is 4.73. The van der Waals surface area contributed by atoms with E-state index in [9.17, 15) is 4.79 Å². The highest BCUT2D eigenvalue weighted by Gasteiger charge is 2.06. The van der Waals surface area contributed by atoms with Crippen molar-refractivity contribution in [2.45, 2.75) is 6.61 Å². The average molecular weight is 418 g/mol. The highest BCUT2D eigenvalue weighted by molar-refractivity contribution is 14.1. The van der Waals surface area contributed by atoms with E-state index in [1.165, 1.54) is 10.6 Å². The topological polar surface area (TPSA) is 62.1 Å². The lowest BCUT2D eigenvalue weighted by Gasteiger charge is -2.07. The van der Waals surface area contributed by atoms with Gasteiger partial charge in [0.05, 0.1) is 0 Å². The zero-order chi connectivity index (χ0) is 16.7. The van der Waals surface area contributed by atoms with Crippen molar-refractivity contribution in [2.24, 2.45) is 0 Å². The molecule has 4 nitrogen and oxygen atoms in total. The first-order chi connectivity index (χ1) is 11.1. The minimum atomic E-state index is -0.397. The number of ether oxygens (including phenoxy) is 1. The van der Waals surface area contributed by atoms with Crippen LogP contribution in [-0.4, -0.2) is 13.0 Å². The van der Waals surface area contributed by atoms with E-state index in [1.807, 2.05) is 54.6 Å². The Kier molecular flexibility index (Phi) is 6.18. The van der Waals surface area contributed by atoms with Crippen molar-refractivity contribution in [1.29, 1.82) is 5.26 Å². The number of hydrogen-bond donors (Lipinski definition) is 1. The number of hydrogen-bond acceptors (Lipinski definition) is 3. The fourth-order valence-electron chi connectivity index (χ4n) is 1.86. The smallest absolute Gasteiger partial charge is 0.261 e. The number of carbonyl (C=O) groups excluding carboxylic acids is 1.